The number of carboxylic acids is 1. The van der Waals surface area contributed by atoms with Crippen LogP contribution in [0.2, 0.25) is 0 Å². The summed E-state index contributed by atoms with van der Waals surface area (Å²) in [5.41, 5.74) is 0. The number of nitrogens with zero attached hydrogens (tertiary/aromatic N) is 4. The van der Waals surface area contributed by atoms with E-state index in [-0.39, 0.29) is 18.4 Å². The smallest absolute Gasteiger partial charge is 0.308 e. The van der Waals surface area contributed by atoms with Gasteiger partial charge in [0.05, 0.1) is 17.2 Å². The summed E-state index contributed by atoms with van der Waals surface area (Å²) in [4.78, 5) is 37.1. The summed E-state index contributed by atoms with van der Waals surface area (Å²) < 4.78 is 0. The molecule has 2 aromatic heterocycles. The van der Waals surface area contributed by atoms with Gasteiger partial charge < -0.3 is 14.9 Å². The van der Waals surface area contributed by atoms with E-state index in [1.807, 2.05) is 11.4 Å². The Hall–Kier alpha value is -2.22. The number of carboxylic acid groups (broad SMARTS) is 1. The Morgan fingerprint density at radius 2 is 2.28 bits per heavy atom. The number of piperidine rings is 1. The van der Waals surface area contributed by atoms with Crippen LogP contribution in [0.5, 0.6) is 0 Å². The molecule has 1 N–H and O–H groups in total. The molecule has 0 aliphatic carbocycles. The number of thiophene rings is 1. The maximum atomic E-state index is 12.7. The van der Waals surface area contributed by atoms with Crippen molar-refractivity contribution in [2.75, 3.05) is 31.6 Å². The molecular weight excluding hydrogens is 340 g/mol. The first-order chi connectivity index (χ1) is 12.0. The maximum absolute atomic E-state index is 12.7. The molecule has 0 spiro atoms. The number of aliphatic carboxylic acids is 1. The standard InChI is InChI=1S/C17H22N4O3S/c1-11(17(23)24)8-20(2)16(22)12-4-3-6-21(9-12)14-13-5-7-25-15(13)19-10-18-14/h5,7,10-12H,3-4,6,8-9H2,1-2H3,(H,23,24). The molecule has 0 aromatic carbocycles. The minimum absolute atomic E-state index is 0.00780. The predicted octanol–water partition coefficient (Wildman–Crippen LogP) is 2.09. The summed E-state index contributed by atoms with van der Waals surface area (Å²) in [7, 11) is 1.68. The van der Waals surface area contributed by atoms with Crippen LogP contribution in [0.15, 0.2) is 17.8 Å². The molecular formula is C17H22N4O3S. The van der Waals surface area contributed by atoms with E-state index in [9.17, 15) is 9.59 Å². The van der Waals surface area contributed by atoms with E-state index in [1.54, 1.807) is 36.5 Å². The number of aromatic nitrogens is 2. The monoisotopic (exact) mass is 362 g/mol. The molecule has 7 nitrogen and oxygen atoms in total. The zero-order valence-electron chi connectivity index (χ0n) is 14.4. The van der Waals surface area contributed by atoms with Crippen LogP contribution in [0.3, 0.4) is 0 Å². The Balaban J connectivity index is 1.71. The summed E-state index contributed by atoms with van der Waals surface area (Å²) in [6, 6.07) is 2.02. The molecule has 2 atom stereocenters. The molecule has 1 amide bonds. The highest BCUT2D eigenvalue weighted by atomic mass is 32.1. The van der Waals surface area contributed by atoms with E-state index < -0.39 is 11.9 Å². The minimum atomic E-state index is -0.884. The van der Waals surface area contributed by atoms with Crippen molar-refractivity contribution in [1.82, 2.24) is 14.9 Å². The lowest BCUT2D eigenvalue weighted by molar-refractivity contribution is -0.143. The summed E-state index contributed by atoms with van der Waals surface area (Å²) in [6.07, 6.45) is 3.30. The van der Waals surface area contributed by atoms with Gasteiger partial charge in [-0.1, -0.05) is 6.92 Å². The highest BCUT2D eigenvalue weighted by Gasteiger charge is 2.30. The van der Waals surface area contributed by atoms with Crippen molar-refractivity contribution in [2.45, 2.75) is 19.8 Å². The Bertz CT molecular complexity index is 778. The number of hydrogen-bond acceptors (Lipinski definition) is 6. The summed E-state index contributed by atoms with van der Waals surface area (Å²) in [5.74, 6) is -0.700. The molecule has 1 saturated heterocycles. The van der Waals surface area contributed by atoms with Crippen molar-refractivity contribution in [3.05, 3.63) is 17.8 Å². The first-order valence-corrected chi connectivity index (χ1v) is 9.26. The molecule has 134 valence electrons. The Labute approximate surface area is 150 Å². The van der Waals surface area contributed by atoms with Crippen LogP contribution in [0.1, 0.15) is 19.8 Å². The minimum Gasteiger partial charge on any atom is -0.481 e. The zero-order valence-corrected chi connectivity index (χ0v) is 15.2. The molecule has 1 aliphatic heterocycles. The van der Waals surface area contributed by atoms with Crippen molar-refractivity contribution in [3.8, 4) is 0 Å². The van der Waals surface area contributed by atoms with Gasteiger partial charge >= 0.3 is 5.97 Å². The van der Waals surface area contributed by atoms with Crippen LogP contribution in [-0.4, -0.2) is 58.5 Å². The third-order valence-corrected chi connectivity index (χ3v) is 5.48. The highest BCUT2D eigenvalue weighted by Crippen LogP contribution is 2.30. The summed E-state index contributed by atoms with van der Waals surface area (Å²) >= 11 is 1.58. The Kier molecular flexibility index (Phi) is 5.17. The van der Waals surface area contributed by atoms with Crippen LogP contribution < -0.4 is 4.90 Å². The number of carbonyl (C=O) groups is 2. The van der Waals surface area contributed by atoms with Crippen molar-refractivity contribution >= 4 is 39.2 Å². The fourth-order valence-electron chi connectivity index (χ4n) is 3.29. The van der Waals surface area contributed by atoms with E-state index >= 15 is 0 Å². The number of amides is 1. The van der Waals surface area contributed by atoms with Crippen molar-refractivity contribution in [2.24, 2.45) is 11.8 Å². The van der Waals surface area contributed by atoms with Gasteiger partial charge in [0.25, 0.3) is 0 Å². The van der Waals surface area contributed by atoms with Crippen LogP contribution in [0, 0.1) is 11.8 Å². The van der Waals surface area contributed by atoms with Gasteiger partial charge in [-0.25, -0.2) is 9.97 Å². The second-order valence-corrected chi connectivity index (χ2v) is 7.47. The molecule has 25 heavy (non-hydrogen) atoms. The number of rotatable bonds is 5. The Morgan fingerprint density at radius 3 is 3.04 bits per heavy atom. The zero-order chi connectivity index (χ0) is 18.0. The van der Waals surface area contributed by atoms with Gasteiger partial charge in [0.2, 0.25) is 5.91 Å². The largest absolute Gasteiger partial charge is 0.481 e. The summed E-state index contributed by atoms with van der Waals surface area (Å²) in [6.45, 7) is 3.31. The number of anilines is 1. The quantitative estimate of drug-likeness (QED) is 0.876. The second kappa shape index (κ2) is 7.35. The fraction of sp³-hybridized carbons (Fsp3) is 0.529. The summed E-state index contributed by atoms with van der Waals surface area (Å²) in [5, 5.41) is 12.1. The predicted molar refractivity (Wildman–Crippen MR) is 96.8 cm³/mol. The molecule has 2 aromatic rings. The van der Waals surface area contributed by atoms with Gasteiger partial charge in [-0.15, -0.1) is 11.3 Å². The van der Waals surface area contributed by atoms with Crippen molar-refractivity contribution in [3.63, 3.8) is 0 Å². The lowest BCUT2D eigenvalue weighted by Gasteiger charge is -2.35. The average molecular weight is 362 g/mol. The second-order valence-electron chi connectivity index (χ2n) is 6.58. The molecule has 1 fully saturated rings. The van der Waals surface area contributed by atoms with Crippen LogP contribution >= 0.6 is 11.3 Å². The van der Waals surface area contributed by atoms with Gasteiger partial charge in [-0.05, 0) is 24.3 Å². The molecule has 1 aliphatic rings. The van der Waals surface area contributed by atoms with Gasteiger partial charge in [0.1, 0.15) is 17.0 Å². The van der Waals surface area contributed by atoms with Crippen molar-refractivity contribution < 1.29 is 14.7 Å². The third kappa shape index (κ3) is 3.73. The number of fused-ring (bicyclic) bond motifs is 1. The van der Waals surface area contributed by atoms with Crippen LogP contribution in [-0.2, 0) is 9.59 Å². The van der Waals surface area contributed by atoms with E-state index in [1.165, 1.54) is 0 Å². The molecule has 3 heterocycles. The topological polar surface area (TPSA) is 86.6 Å². The molecule has 3 rings (SSSR count). The molecule has 0 saturated carbocycles. The first kappa shape index (κ1) is 17.6. The normalized spacial score (nSPS) is 19.0. The number of carbonyl (C=O) groups excluding carboxylic acids is 1. The maximum Gasteiger partial charge on any atom is 0.308 e. The third-order valence-electron chi connectivity index (χ3n) is 4.66. The first-order valence-electron chi connectivity index (χ1n) is 8.38. The van der Waals surface area contributed by atoms with Gasteiger partial charge in [0.15, 0.2) is 0 Å². The molecule has 2 unspecified atom stereocenters. The highest BCUT2D eigenvalue weighted by molar-refractivity contribution is 7.16. The van der Waals surface area contributed by atoms with Gasteiger partial charge in [0, 0.05) is 26.7 Å². The van der Waals surface area contributed by atoms with E-state index in [2.05, 4.69) is 14.9 Å². The van der Waals surface area contributed by atoms with Gasteiger partial charge in [-0.3, -0.25) is 9.59 Å². The molecule has 0 bridgehead atoms. The van der Waals surface area contributed by atoms with Crippen molar-refractivity contribution in [1.29, 1.82) is 0 Å². The lowest BCUT2D eigenvalue weighted by Crippen LogP contribution is -2.45. The van der Waals surface area contributed by atoms with Crippen LogP contribution in [0.4, 0.5) is 5.82 Å². The van der Waals surface area contributed by atoms with E-state index in [0.717, 1.165) is 35.4 Å². The van der Waals surface area contributed by atoms with Crippen LogP contribution in [0.25, 0.3) is 10.2 Å². The van der Waals surface area contributed by atoms with Gasteiger partial charge in [-0.2, -0.15) is 0 Å². The average Bonchev–Trinajstić information content (AvgIpc) is 3.09. The SMILES string of the molecule is CC(CN(C)C(=O)C1CCCN(c2ncnc3sccc23)C1)C(=O)O. The molecule has 0 radical (unpaired) electrons. The lowest BCUT2D eigenvalue weighted by atomic mass is 9.96. The Morgan fingerprint density at radius 1 is 1.48 bits per heavy atom. The molecule has 8 heteroatoms. The van der Waals surface area contributed by atoms with E-state index in [4.69, 9.17) is 5.11 Å². The fourth-order valence-corrected chi connectivity index (χ4v) is 4.02. The van der Waals surface area contributed by atoms with E-state index in [0.29, 0.717) is 6.54 Å². The number of hydrogen-bond donors (Lipinski definition) is 1.